The normalized spacial score (nSPS) is 12.8. The molecular formula is C15H16BrClFN3O4. The zero-order valence-corrected chi connectivity index (χ0v) is 15.7. The number of nitrogens with zero attached hydrogens (tertiary/aromatic N) is 2. The summed E-state index contributed by atoms with van der Waals surface area (Å²) >= 11 is 3.25. The number of carbonyl (C=O) groups excluding carboxylic acids is 1. The van der Waals surface area contributed by atoms with Gasteiger partial charge in [-0.05, 0) is 25.1 Å². The second-order valence-electron chi connectivity index (χ2n) is 5.41. The van der Waals surface area contributed by atoms with Gasteiger partial charge in [-0.1, -0.05) is 15.9 Å². The number of rotatable bonds is 5. The number of carbonyl (C=O) groups is 2. The first kappa shape index (κ1) is 21.1. The van der Waals surface area contributed by atoms with Crippen LogP contribution in [0.25, 0.3) is 0 Å². The van der Waals surface area contributed by atoms with Crippen molar-refractivity contribution in [3.63, 3.8) is 0 Å². The molecule has 25 heavy (non-hydrogen) atoms. The number of carboxylic acids is 1. The number of hydrogen-bond donors (Lipinski definition) is 2. The van der Waals surface area contributed by atoms with E-state index in [1.165, 1.54) is 22.8 Å². The minimum Gasteiger partial charge on any atom is -0.476 e. The molecule has 0 saturated carbocycles. The molecule has 0 aliphatic rings. The monoisotopic (exact) mass is 435 g/mol. The Labute approximate surface area is 157 Å². The van der Waals surface area contributed by atoms with E-state index in [-0.39, 0.29) is 30.2 Å². The SMILES string of the molecule is COC(=O)c1c(C(=O)O)ncn1C[C@](C)(N)c1cc(Br)ccc1F.Cl. The molecule has 3 N–H and O–H groups in total. The first-order valence-electron chi connectivity index (χ1n) is 6.78. The number of aromatic nitrogens is 2. The van der Waals surface area contributed by atoms with Crippen LogP contribution in [-0.4, -0.2) is 33.7 Å². The van der Waals surface area contributed by atoms with E-state index in [1.54, 1.807) is 6.92 Å². The Bertz CT molecular complexity index is 810. The number of carboxylic acid groups (broad SMARTS) is 1. The summed E-state index contributed by atoms with van der Waals surface area (Å²) in [6.45, 7) is 1.49. The Balaban J connectivity index is 0.00000312. The van der Waals surface area contributed by atoms with E-state index < -0.39 is 29.0 Å². The maximum Gasteiger partial charge on any atom is 0.357 e. The highest BCUT2D eigenvalue weighted by Gasteiger charge is 2.30. The van der Waals surface area contributed by atoms with Crippen molar-refractivity contribution < 1.29 is 23.8 Å². The highest BCUT2D eigenvalue weighted by molar-refractivity contribution is 9.10. The lowest BCUT2D eigenvalue weighted by molar-refractivity contribution is 0.0568. The predicted molar refractivity (Wildman–Crippen MR) is 93.4 cm³/mol. The predicted octanol–water partition coefficient (Wildman–Crippen LogP) is 2.57. The lowest BCUT2D eigenvalue weighted by Gasteiger charge is -2.27. The van der Waals surface area contributed by atoms with Crippen LogP contribution in [0.1, 0.15) is 33.5 Å². The number of nitrogens with two attached hydrogens (primary N) is 1. The van der Waals surface area contributed by atoms with Gasteiger partial charge in [-0.25, -0.2) is 19.0 Å². The molecular weight excluding hydrogens is 421 g/mol. The number of imidazole rings is 1. The molecule has 0 unspecified atom stereocenters. The van der Waals surface area contributed by atoms with Gasteiger partial charge in [0, 0.05) is 16.6 Å². The van der Waals surface area contributed by atoms with Crippen LogP contribution in [0.15, 0.2) is 29.0 Å². The molecule has 0 radical (unpaired) electrons. The third-order valence-electron chi connectivity index (χ3n) is 3.46. The molecule has 0 aliphatic heterocycles. The average Bonchev–Trinajstić information content (AvgIpc) is 2.91. The summed E-state index contributed by atoms with van der Waals surface area (Å²) in [6, 6.07) is 4.33. The van der Waals surface area contributed by atoms with Crippen molar-refractivity contribution in [1.29, 1.82) is 0 Å². The van der Waals surface area contributed by atoms with E-state index in [9.17, 15) is 14.0 Å². The molecule has 0 amide bonds. The van der Waals surface area contributed by atoms with Crippen molar-refractivity contribution in [2.45, 2.75) is 19.0 Å². The number of methoxy groups -OCH3 is 1. The van der Waals surface area contributed by atoms with Gasteiger partial charge < -0.3 is 20.1 Å². The van der Waals surface area contributed by atoms with Crippen molar-refractivity contribution >= 4 is 40.3 Å². The Morgan fingerprint density at radius 3 is 2.68 bits per heavy atom. The van der Waals surface area contributed by atoms with Crippen LogP contribution in [0.2, 0.25) is 0 Å². The van der Waals surface area contributed by atoms with E-state index in [0.29, 0.717) is 4.47 Å². The smallest absolute Gasteiger partial charge is 0.357 e. The minimum absolute atomic E-state index is 0. The maximum absolute atomic E-state index is 14.1. The van der Waals surface area contributed by atoms with Gasteiger partial charge in [0.15, 0.2) is 11.4 Å². The number of hydrogen-bond acceptors (Lipinski definition) is 5. The molecule has 1 heterocycles. The molecule has 1 aromatic carbocycles. The van der Waals surface area contributed by atoms with Gasteiger partial charge in [0.2, 0.25) is 0 Å². The molecule has 2 aromatic rings. The lowest BCUT2D eigenvalue weighted by atomic mass is 9.92. The zero-order valence-electron chi connectivity index (χ0n) is 13.3. The second kappa shape index (κ2) is 7.94. The molecule has 136 valence electrons. The number of esters is 1. The third-order valence-corrected chi connectivity index (χ3v) is 3.95. The van der Waals surface area contributed by atoms with Crippen LogP contribution in [0, 0.1) is 5.82 Å². The second-order valence-corrected chi connectivity index (χ2v) is 6.32. The minimum atomic E-state index is -1.37. The molecule has 1 aromatic heterocycles. The summed E-state index contributed by atoms with van der Waals surface area (Å²) in [7, 11) is 1.13. The van der Waals surface area contributed by atoms with Gasteiger partial charge in [0.05, 0.1) is 19.0 Å². The molecule has 1 atom stereocenters. The first-order chi connectivity index (χ1) is 11.2. The Morgan fingerprint density at radius 2 is 2.12 bits per heavy atom. The molecule has 0 spiro atoms. The zero-order chi connectivity index (χ0) is 18.1. The number of benzene rings is 1. The van der Waals surface area contributed by atoms with Crippen LogP contribution in [0.3, 0.4) is 0 Å². The fraction of sp³-hybridized carbons (Fsp3) is 0.267. The topological polar surface area (TPSA) is 107 Å². The average molecular weight is 437 g/mol. The molecule has 0 fully saturated rings. The summed E-state index contributed by atoms with van der Waals surface area (Å²) < 4.78 is 20.6. The van der Waals surface area contributed by atoms with Gasteiger partial charge in [0.25, 0.3) is 0 Å². The fourth-order valence-electron chi connectivity index (χ4n) is 2.34. The Morgan fingerprint density at radius 1 is 1.48 bits per heavy atom. The van der Waals surface area contributed by atoms with E-state index in [0.717, 1.165) is 13.4 Å². The summed E-state index contributed by atoms with van der Waals surface area (Å²) in [5, 5.41) is 9.14. The highest BCUT2D eigenvalue weighted by Crippen LogP contribution is 2.27. The van der Waals surface area contributed by atoms with Crippen LogP contribution in [0.4, 0.5) is 4.39 Å². The number of halogens is 3. The maximum atomic E-state index is 14.1. The van der Waals surface area contributed by atoms with Crippen molar-refractivity contribution in [3.8, 4) is 0 Å². The molecule has 0 bridgehead atoms. The standard InChI is InChI=1S/C15H15BrFN3O4.ClH/c1-15(18,9-5-8(16)3-4-10(9)17)6-20-7-19-11(13(21)22)12(20)14(23)24-2;/h3-5,7H,6,18H2,1-2H3,(H,21,22);1H/t15-;/m0./s1. The lowest BCUT2D eigenvalue weighted by Crippen LogP contribution is -2.39. The summed E-state index contributed by atoms with van der Waals surface area (Å²) in [4.78, 5) is 26.8. The van der Waals surface area contributed by atoms with Crippen molar-refractivity contribution in [2.24, 2.45) is 5.73 Å². The molecule has 0 saturated heterocycles. The van der Waals surface area contributed by atoms with Crippen LogP contribution in [0.5, 0.6) is 0 Å². The van der Waals surface area contributed by atoms with Gasteiger partial charge in [0.1, 0.15) is 5.82 Å². The van der Waals surface area contributed by atoms with Crippen molar-refractivity contribution in [3.05, 3.63) is 51.8 Å². The molecule has 7 nitrogen and oxygen atoms in total. The number of aromatic carboxylic acids is 1. The number of ether oxygens (including phenoxy) is 1. The van der Waals surface area contributed by atoms with Crippen molar-refractivity contribution in [2.75, 3.05) is 7.11 Å². The third kappa shape index (κ3) is 4.36. The van der Waals surface area contributed by atoms with Gasteiger partial charge in [-0.3, -0.25) is 0 Å². The van der Waals surface area contributed by atoms with Gasteiger partial charge in [-0.2, -0.15) is 0 Å². The molecule has 2 rings (SSSR count). The fourth-order valence-corrected chi connectivity index (χ4v) is 2.70. The quantitative estimate of drug-likeness (QED) is 0.698. The van der Waals surface area contributed by atoms with E-state index >= 15 is 0 Å². The summed E-state index contributed by atoms with van der Waals surface area (Å²) in [5.74, 6) is -2.75. The largest absolute Gasteiger partial charge is 0.476 e. The highest BCUT2D eigenvalue weighted by atomic mass is 79.9. The Hall–Kier alpha value is -1.97. The van der Waals surface area contributed by atoms with Crippen molar-refractivity contribution in [1.82, 2.24) is 9.55 Å². The first-order valence-corrected chi connectivity index (χ1v) is 7.58. The van der Waals surface area contributed by atoms with Crippen LogP contribution in [-0.2, 0) is 16.8 Å². The van der Waals surface area contributed by atoms with E-state index in [4.69, 9.17) is 10.8 Å². The van der Waals surface area contributed by atoms with Crippen LogP contribution >= 0.6 is 28.3 Å². The summed E-state index contributed by atoms with van der Waals surface area (Å²) in [5.41, 5.74) is 4.50. The van der Waals surface area contributed by atoms with Crippen LogP contribution < -0.4 is 5.73 Å². The molecule has 10 heteroatoms. The Kier molecular flexibility index (Phi) is 6.69. The van der Waals surface area contributed by atoms with Gasteiger partial charge in [-0.15, -0.1) is 12.4 Å². The van der Waals surface area contributed by atoms with Gasteiger partial charge >= 0.3 is 11.9 Å². The van der Waals surface area contributed by atoms with E-state index in [2.05, 4.69) is 25.7 Å². The summed E-state index contributed by atoms with van der Waals surface area (Å²) in [6.07, 6.45) is 1.16. The molecule has 0 aliphatic carbocycles. The van der Waals surface area contributed by atoms with E-state index in [1.807, 2.05) is 0 Å².